The maximum Gasteiger partial charge on any atom is 0.233 e. The van der Waals surface area contributed by atoms with Gasteiger partial charge < -0.3 is 9.80 Å². The molecule has 0 N–H and O–H groups in total. The second kappa shape index (κ2) is 10.9. The summed E-state index contributed by atoms with van der Waals surface area (Å²) in [6.07, 6.45) is 3.36. The first kappa shape index (κ1) is 23.3. The van der Waals surface area contributed by atoms with Gasteiger partial charge in [0.15, 0.2) is 5.78 Å². The van der Waals surface area contributed by atoms with Gasteiger partial charge >= 0.3 is 0 Å². The first-order valence-corrected chi connectivity index (χ1v) is 12.6. The van der Waals surface area contributed by atoms with Gasteiger partial charge in [0.05, 0.1) is 5.75 Å². The van der Waals surface area contributed by atoms with Gasteiger partial charge in [-0.25, -0.2) is 9.97 Å². The van der Waals surface area contributed by atoms with E-state index in [1.165, 1.54) is 17.3 Å². The van der Waals surface area contributed by atoms with E-state index in [1.807, 2.05) is 41.3 Å². The number of ketones is 1. The quantitative estimate of drug-likeness (QED) is 0.364. The Labute approximate surface area is 202 Å². The Hall–Kier alpha value is -2.84. The molecule has 1 aliphatic heterocycles. The van der Waals surface area contributed by atoms with Crippen LogP contribution in [0.2, 0.25) is 0 Å². The maximum absolute atomic E-state index is 12.9. The SMILES string of the molecule is CC(=O)c1ccc(N2CCN(C(=O)CSc3nccnc3Sc3ccccc3C)CC2)cc1. The van der Waals surface area contributed by atoms with Gasteiger partial charge in [0.25, 0.3) is 0 Å². The van der Waals surface area contributed by atoms with Crippen molar-refractivity contribution in [2.45, 2.75) is 28.8 Å². The van der Waals surface area contributed by atoms with E-state index in [0.29, 0.717) is 24.4 Å². The minimum Gasteiger partial charge on any atom is -0.368 e. The van der Waals surface area contributed by atoms with Crippen molar-refractivity contribution in [3.63, 3.8) is 0 Å². The van der Waals surface area contributed by atoms with Crippen LogP contribution in [-0.2, 0) is 4.79 Å². The molecule has 0 bridgehead atoms. The summed E-state index contributed by atoms with van der Waals surface area (Å²) in [5.74, 6) is 0.523. The zero-order valence-electron chi connectivity index (χ0n) is 18.7. The number of aromatic nitrogens is 2. The van der Waals surface area contributed by atoms with Crippen LogP contribution in [0, 0.1) is 6.92 Å². The number of benzene rings is 2. The summed E-state index contributed by atoms with van der Waals surface area (Å²) in [5.41, 5.74) is 2.99. The van der Waals surface area contributed by atoms with E-state index in [2.05, 4.69) is 33.9 Å². The molecule has 0 unspecified atom stereocenters. The average Bonchev–Trinajstić information content (AvgIpc) is 2.85. The monoisotopic (exact) mass is 478 g/mol. The van der Waals surface area contributed by atoms with Crippen molar-refractivity contribution in [1.29, 1.82) is 0 Å². The fourth-order valence-corrected chi connectivity index (χ4v) is 5.49. The number of amides is 1. The molecule has 3 aromatic rings. The van der Waals surface area contributed by atoms with E-state index in [-0.39, 0.29) is 11.7 Å². The molecule has 0 atom stereocenters. The Balaban J connectivity index is 1.31. The van der Waals surface area contributed by atoms with Crippen molar-refractivity contribution < 1.29 is 9.59 Å². The number of hydrogen-bond donors (Lipinski definition) is 0. The van der Waals surface area contributed by atoms with Crippen LogP contribution >= 0.6 is 23.5 Å². The summed E-state index contributed by atoms with van der Waals surface area (Å²) in [7, 11) is 0. The smallest absolute Gasteiger partial charge is 0.233 e. The largest absolute Gasteiger partial charge is 0.368 e. The summed E-state index contributed by atoms with van der Waals surface area (Å²) < 4.78 is 0. The topological polar surface area (TPSA) is 66.4 Å². The molecular weight excluding hydrogens is 452 g/mol. The van der Waals surface area contributed by atoms with Crippen molar-refractivity contribution in [2.75, 3.05) is 36.8 Å². The summed E-state index contributed by atoms with van der Waals surface area (Å²) >= 11 is 3.03. The Bertz CT molecular complexity index is 1130. The Kier molecular flexibility index (Phi) is 7.67. The highest BCUT2D eigenvalue weighted by atomic mass is 32.2. The molecule has 1 aliphatic rings. The van der Waals surface area contributed by atoms with Crippen LogP contribution in [0.15, 0.2) is 75.9 Å². The number of rotatable bonds is 7. The molecule has 2 heterocycles. The van der Waals surface area contributed by atoms with Crippen molar-refractivity contribution >= 4 is 40.9 Å². The summed E-state index contributed by atoms with van der Waals surface area (Å²) in [4.78, 5) is 38.6. The van der Waals surface area contributed by atoms with Crippen LogP contribution in [0.25, 0.3) is 0 Å². The molecule has 0 aliphatic carbocycles. The first-order chi connectivity index (χ1) is 16.0. The van der Waals surface area contributed by atoms with Crippen LogP contribution in [0.4, 0.5) is 5.69 Å². The minimum absolute atomic E-state index is 0.0676. The second-order valence-electron chi connectivity index (χ2n) is 7.79. The average molecular weight is 479 g/mol. The third-order valence-corrected chi connectivity index (χ3v) is 7.80. The highest BCUT2D eigenvalue weighted by molar-refractivity contribution is 8.02. The Morgan fingerprint density at radius 3 is 2.24 bits per heavy atom. The fraction of sp³-hybridized carbons (Fsp3) is 0.280. The lowest BCUT2D eigenvalue weighted by Crippen LogP contribution is -2.49. The molecule has 6 nitrogen and oxygen atoms in total. The number of nitrogens with zero attached hydrogens (tertiary/aromatic N) is 4. The molecule has 0 spiro atoms. The zero-order valence-corrected chi connectivity index (χ0v) is 20.4. The standard InChI is InChI=1S/C25H26N4O2S2/c1-18-5-3-4-6-22(18)33-25-24(26-11-12-27-25)32-17-23(31)29-15-13-28(14-16-29)21-9-7-20(8-10-21)19(2)30/h3-12H,13-17H2,1-2H3. The van der Waals surface area contributed by atoms with Crippen molar-refractivity contribution in [3.8, 4) is 0 Å². The third kappa shape index (κ3) is 5.94. The number of aryl methyl sites for hydroxylation is 1. The lowest BCUT2D eigenvalue weighted by atomic mass is 10.1. The molecular formula is C25H26N4O2S2. The van der Waals surface area contributed by atoms with Crippen molar-refractivity contribution in [3.05, 3.63) is 72.1 Å². The maximum atomic E-state index is 12.9. The van der Waals surface area contributed by atoms with Crippen LogP contribution < -0.4 is 4.90 Å². The first-order valence-electron chi connectivity index (χ1n) is 10.8. The van der Waals surface area contributed by atoms with Crippen LogP contribution in [-0.4, -0.2) is 58.5 Å². The molecule has 1 fully saturated rings. The summed E-state index contributed by atoms with van der Waals surface area (Å²) in [5, 5.41) is 1.60. The number of thioether (sulfide) groups is 1. The van der Waals surface area contributed by atoms with E-state index in [1.54, 1.807) is 31.1 Å². The molecule has 0 saturated carbocycles. The fourth-order valence-electron chi connectivity index (χ4n) is 3.60. The van der Waals surface area contributed by atoms with E-state index in [4.69, 9.17) is 0 Å². The molecule has 170 valence electrons. The number of piperazine rings is 1. The molecule has 33 heavy (non-hydrogen) atoms. The van der Waals surface area contributed by atoms with E-state index in [9.17, 15) is 9.59 Å². The predicted molar refractivity (Wildman–Crippen MR) is 133 cm³/mol. The van der Waals surface area contributed by atoms with Crippen LogP contribution in [0.3, 0.4) is 0 Å². The van der Waals surface area contributed by atoms with E-state index >= 15 is 0 Å². The number of carbonyl (C=O) groups is 2. The molecule has 8 heteroatoms. The Morgan fingerprint density at radius 1 is 0.909 bits per heavy atom. The van der Waals surface area contributed by atoms with Gasteiger partial charge in [0.2, 0.25) is 5.91 Å². The molecule has 1 saturated heterocycles. The highest BCUT2D eigenvalue weighted by Crippen LogP contribution is 2.34. The predicted octanol–water partition coefficient (Wildman–Crippen LogP) is 4.58. The van der Waals surface area contributed by atoms with Gasteiger partial charge in [-0.05, 0) is 49.7 Å². The van der Waals surface area contributed by atoms with Crippen LogP contribution in [0.1, 0.15) is 22.8 Å². The second-order valence-corrected chi connectivity index (χ2v) is 9.79. The lowest BCUT2D eigenvalue weighted by molar-refractivity contribution is -0.128. The molecule has 4 rings (SSSR count). The number of carbonyl (C=O) groups excluding carboxylic acids is 2. The summed E-state index contributed by atoms with van der Waals surface area (Å²) in [6, 6.07) is 15.9. The van der Waals surface area contributed by atoms with Gasteiger partial charge in [-0.2, -0.15) is 0 Å². The van der Waals surface area contributed by atoms with E-state index in [0.717, 1.165) is 33.7 Å². The Morgan fingerprint density at radius 2 is 1.58 bits per heavy atom. The normalized spacial score (nSPS) is 13.8. The molecule has 0 radical (unpaired) electrons. The number of anilines is 1. The molecule has 1 amide bonds. The van der Waals surface area contributed by atoms with Gasteiger partial charge in [0.1, 0.15) is 10.1 Å². The van der Waals surface area contributed by atoms with Crippen molar-refractivity contribution in [2.24, 2.45) is 0 Å². The third-order valence-electron chi connectivity index (χ3n) is 5.54. The van der Waals surface area contributed by atoms with Gasteiger partial charge in [-0.3, -0.25) is 9.59 Å². The van der Waals surface area contributed by atoms with Gasteiger partial charge in [-0.1, -0.05) is 41.7 Å². The van der Waals surface area contributed by atoms with Gasteiger partial charge in [0, 0.05) is 54.7 Å². The molecule has 1 aromatic heterocycles. The zero-order chi connectivity index (χ0) is 23.2. The van der Waals surface area contributed by atoms with Crippen molar-refractivity contribution in [1.82, 2.24) is 14.9 Å². The number of Topliss-reactive ketones (excluding diaryl/α,β-unsaturated/α-hetero) is 1. The number of hydrogen-bond acceptors (Lipinski definition) is 7. The minimum atomic E-state index is 0.0676. The highest BCUT2D eigenvalue weighted by Gasteiger charge is 2.22. The summed E-state index contributed by atoms with van der Waals surface area (Å²) in [6.45, 7) is 6.55. The van der Waals surface area contributed by atoms with Gasteiger partial charge in [-0.15, -0.1) is 0 Å². The van der Waals surface area contributed by atoms with Crippen LogP contribution in [0.5, 0.6) is 0 Å². The molecule has 2 aromatic carbocycles. The van der Waals surface area contributed by atoms with E-state index < -0.39 is 0 Å². The lowest BCUT2D eigenvalue weighted by Gasteiger charge is -2.36.